The molecule has 0 bridgehead atoms. The summed E-state index contributed by atoms with van der Waals surface area (Å²) in [5.41, 5.74) is 1.10. The van der Waals surface area contributed by atoms with Gasteiger partial charge in [0.15, 0.2) is 0 Å². The molecule has 0 aliphatic rings. The minimum Gasteiger partial charge on any atom is -0.391 e. The molecule has 0 spiro atoms. The van der Waals surface area contributed by atoms with E-state index in [1.165, 1.54) is 0 Å². The highest BCUT2D eigenvalue weighted by Gasteiger charge is 2.08. The van der Waals surface area contributed by atoms with Crippen molar-refractivity contribution in [2.75, 3.05) is 6.26 Å². The number of aryl methyl sites for hydroxylation is 1. The van der Waals surface area contributed by atoms with Gasteiger partial charge in [0.25, 0.3) is 0 Å². The van der Waals surface area contributed by atoms with Crippen LogP contribution in [0.3, 0.4) is 0 Å². The highest BCUT2D eigenvalue weighted by Crippen LogP contribution is 2.22. The van der Waals surface area contributed by atoms with E-state index in [9.17, 15) is 0 Å². The first-order valence-electron chi connectivity index (χ1n) is 4.39. The Bertz CT molecular complexity index is 260. The zero-order chi connectivity index (χ0) is 9.68. The van der Waals surface area contributed by atoms with Gasteiger partial charge in [0.2, 0.25) is 0 Å². The molecule has 0 saturated carbocycles. The molecule has 1 heterocycles. The van der Waals surface area contributed by atoms with E-state index in [4.69, 9.17) is 5.11 Å². The Morgan fingerprint density at radius 3 is 2.85 bits per heavy atom. The topological polar surface area (TPSA) is 33.1 Å². The average molecular weight is 217 g/mol. The maximum absolute atomic E-state index is 9.09. The summed E-state index contributed by atoms with van der Waals surface area (Å²) in [6.07, 6.45) is 4.15. The molecule has 0 amide bonds. The molecule has 1 aromatic heterocycles. The van der Waals surface area contributed by atoms with Gasteiger partial charge in [-0.05, 0) is 12.7 Å². The number of nitrogens with zero attached hydrogens (tertiary/aromatic N) is 1. The van der Waals surface area contributed by atoms with Gasteiger partial charge in [-0.3, -0.25) is 0 Å². The second-order valence-electron chi connectivity index (χ2n) is 2.82. The summed E-state index contributed by atoms with van der Waals surface area (Å²) in [6, 6.07) is 0. The van der Waals surface area contributed by atoms with E-state index < -0.39 is 0 Å². The Morgan fingerprint density at radius 1 is 1.54 bits per heavy atom. The Labute approximate surface area is 87.4 Å². The summed E-state index contributed by atoms with van der Waals surface area (Å²) in [5, 5.41) is 10.2. The zero-order valence-electron chi connectivity index (χ0n) is 8.04. The van der Waals surface area contributed by atoms with Gasteiger partial charge in [0.1, 0.15) is 5.01 Å². The summed E-state index contributed by atoms with van der Waals surface area (Å²) in [7, 11) is 0. The highest BCUT2D eigenvalue weighted by molar-refractivity contribution is 7.97. The zero-order valence-corrected chi connectivity index (χ0v) is 9.67. The number of aromatic nitrogens is 1. The molecule has 0 radical (unpaired) electrons. The van der Waals surface area contributed by atoms with E-state index in [1.807, 2.05) is 0 Å². The van der Waals surface area contributed by atoms with Crippen molar-refractivity contribution in [3.05, 3.63) is 15.6 Å². The van der Waals surface area contributed by atoms with Crippen molar-refractivity contribution in [3.63, 3.8) is 0 Å². The van der Waals surface area contributed by atoms with Crippen molar-refractivity contribution in [1.29, 1.82) is 0 Å². The van der Waals surface area contributed by atoms with Crippen molar-refractivity contribution in [2.45, 2.75) is 32.1 Å². The van der Waals surface area contributed by atoms with Crippen LogP contribution in [0.15, 0.2) is 0 Å². The van der Waals surface area contributed by atoms with Gasteiger partial charge in [-0.25, -0.2) is 4.98 Å². The van der Waals surface area contributed by atoms with Crippen LogP contribution in [-0.4, -0.2) is 16.3 Å². The number of hydrogen-bond donors (Lipinski definition) is 1. The van der Waals surface area contributed by atoms with Crippen molar-refractivity contribution in [2.24, 2.45) is 0 Å². The molecular formula is C9H15NOS2. The predicted octanol–water partition coefficient (Wildman–Crippen LogP) is 2.45. The summed E-state index contributed by atoms with van der Waals surface area (Å²) in [6.45, 7) is 2.27. The second-order valence-corrected chi connectivity index (χ2v) is 4.85. The third-order valence-electron chi connectivity index (χ3n) is 1.72. The lowest BCUT2D eigenvalue weighted by atomic mass is 10.2. The Hall–Kier alpha value is -0.0600. The highest BCUT2D eigenvalue weighted by atomic mass is 32.2. The number of thiazole rings is 1. The molecule has 0 saturated heterocycles. The Balaban J connectivity index is 2.77. The first kappa shape index (κ1) is 11.0. The van der Waals surface area contributed by atoms with Crippen molar-refractivity contribution < 1.29 is 5.11 Å². The summed E-state index contributed by atoms with van der Waals surface area (Å²) < 4.78 is 0. The smallest absolute Gasteiger partial charge is 0.103 e. The monoisotopic (exact) mass is 217 g/mol. The van der Waals surface area contributed by atoms with Gasteiger partial charge in [-0.15, -0.1) is 11.3 Å². The van der Waals surface area contributed by atoms with Crippen LogP contribution in [-0.2, 0) is 18.8 Å². The molecule has 1 aromatic rings. The quantitative estimate of drug-likeness (QED) is 0.822. The minimum absolute atomic E-state index is 0.140. The minimum atomic E-state index is 0.140. The van der Waals surface area contributed by atoms with Crippen LogP contribution in [0.5, 0.6) is 0 Å². The van der Waals surface area contributed by atoms with Crippen LogP contribution in [0.1, 0.15) is 28.9 Å². The van der Waals surface area contributed by atoms with Crippen LogP contribution >= 0.6 is 23.1 Å². The maximum Gasteiger partial charge on any atom is 0.103 e. The predicted molar refractivity (Wildman–Crippen MR) is 59.3 cm³/mol. The number of hydrogen-bond acceptors (Lipinski definition) is 4. The molecule has 4 heteroatoms. The number of aliphatic hydroxyl groups excluding tert-OH is 1. The lowest BCUT2D eigenvalue weighted by molar-refractivity contribution is 0.284. The summed E-state index contributed by atoms with van der Waals surface area (Å²) >= 11 is 3.41. The molecule has 0 atom stereocenters. The summed E-state index contributed by atoms with van der Waals surface area (Å²) in [4.78, 5) is 5.55. The summed E-state index contributed by atoms with van der Waals surface area (Å²) in [5.74, 6) is 0.960. The van der Waals surface area contributed by atoms with E-state index in [1.54, 1.807) is 23.1 Å². The van der Waals surface area contributed by atoms with E-state index in [2.05, 4.69) is 18.2 Å². The Morgan fingerprint density at radius 2 is 2.31 bits per heavy atom. The van der Waals surface area contributed by atoms with E-state index >= 15 is 0 Å². The van der Waals surface area contributed by atoms with E-state index in [0.717, 1.165) is 34.2 Å². The van der Waals surface area contributed by atoms with Gasteiger partial charge in [0, 0.05) is 5.75 Å². The fourth-order valence-corrected chi connectivity index (χ4v) is 2.85. The molecule has 13 heavy (non-hydrogen) atoms. The van der Waals surface area contributed by atoms with Crippen LogP contribution in [0.4, 0.5) is 0 Å². The van der Waals surface area contributed by atoms with Gasteiger partial charge >= 0.3 is 0 Å². The van der Waals surface area contributed by atoms with Crippen molar-refractivity contribution in [3.8, 4) is 0 Å². The van der Waals surface area contributed by atoms with Crippen LogP contribution in [0.2, 0.25) is 0 Å². The average Bonchev–Trinajstić information content (AvgIpc) is 2.49. The van der Waals surface area contributed by atoms with Crippen molar-refractivity contribution in [1.82, 2.24) is 4.98 Å². The van der Waals surface area contributed by atoms with Crippen LogP contribution < -0.4 is 0 Å². The normalized spacial score (nSPS) is 10.7. The number of rotatable bonds is 5. The molecule has 1 N–H and O–H groups in total. The van der Waals surface area contributed by atoms with Gasteiger partial charge in [-0.1, -0.05) is 13.3 Å². The molecule has 74 valence electrons. The van der Waals surface area contributed by atoms with E-state index in [0.29, 0.717) is 0 Å². The largest absolute Gasteiger partial charge is 0.391 e. The lowest BCUT2D eigenvalue weighted by Gasteiger charge is -1.94. The molecule has 0 unspecified atom stereocenters. The molecule has 2 nitrogen and oxygen atoms in total. The third-order valence-corrected chi connectivity index (χ3v) is 3.55. The first-order valence-corrected chi connectivity index (χ1v) is 6.60. The number of aliphatic hydroxyl groups is 1. The first-order chi connectivity index (χ1) is 6.31. The van der Waals surface area contributed by atoms with Crippen LogP contribution in [0.25, 0.3) is 0 Å². The molecule has 0 aliphatic heterocycles. The third kappa shape index (κ3) is 2.97. The molecular weight excluding hydrogens is 202 g/mol. The molecule has 1 rings (SSSR count). The molecule has 0 fully saturated rings. The fraction of sp³-hybridized carbons (Fsp3) is 0.667. The fourth-order valence-electron chi connectivity index (χ4n) is 1.18. The van der Waals surface area contributed by atoms with E-state index in [-0.39, 0.29) is 6.61 Å². The lowest BCUT2D eigenvalue weighted by Crippen LogP contribution is -1.90. The Kier molecular flexibility index (Phi) is 4.77. The van der Waals surface area contributed by atoms with Crippen LogP contribution in [0, 0.1) is 0 Å². The standard InChI is InChI=1S/C9H15NOS2/c1-3-4-7-8(5-11)13-9(10-7)6-12-2/h11H,3-6H2,1-2H3. The maximum atomic E-state index is 9.09. The van der Waals surface area contributed by atoms with Gasteiger partial charge in [-0.2, -0.15) is 11.8 Å². The van der Waals surface area contributed by atoms with Gasteiger partial charge in [0.05, 0.1) is 17.2 Å². The number of thioether (sulfide) groups is 1. The second kappa shape index (κ2) is 5.62. The SMILES string of the molecule is CCCc1nc(CSC)sc1CO. The molecule has 0 aliphatic carbocycles. The van der Waals surface area contributed by atoms with Crippen molar-refractivity contribution >= 4 is 23.1 Å². The van der Waals surface area contributed by atoms with Gasteiger partial charge < -0.3 is 5.11 Å². The molecule has 0 aromatic carbocycles.